The Balaban J connectivity index is 1.77. The third kappa shape index (κ3) is 4.11. The number of hydrogen-bond acceptors (Lipinski definition) is 4. The van der Waals surface area contributed by atoms with Crippen LogP contribution in [0.1, 0.15) is 19.8 Å². The van der Waals surface area contributed by atoms with Gasteiger partial charge in [0.2, 0.25) is 0 Å². The van der Waals surface area contributed by atoms with Crippen molar-refractivity contribution in [1.82, 2.24) is 5.32 Å². The summed E-state index contributed by atoms with van der Waals surface area (Å²) in [6.45, 7) is 4.62. The highest BCUT2D eigenvalue weighted by atomic mass is 16.6. The van der Waals surface area contributed by atoms with Crippen LogP contribution in [0.3, 0.4) is 0 Å². The number of benzene rings is 1. The van der Waals surface area contributed by atoms with Crippen molar-refractivity contribution in [3.8, 4) is 11.5 Å². The summed E-state index contributed by atoms with van der Waals surface area (Å²) in [4.78, 5) is 0. The highest BCUT2D eigenvalue weighted by Crippen LogP contribution is 2.27. The van der Waals surface area contributed by atoms with Crippen molar-refractivity contribution in [2.45, 2.75) is 32.0 Å². The number of methoxy groups -OCH3 is 1. The van der Waals surface area contributed by atoms with E-state index in [1.807, 2.05) is 24.3 Å². The van der Waals surface area contributed by atoms with Crippen LogP contribution in [0.15, 0.2) is 24.3 Å². The minimum atomic E-state index is 0.188. The smallest absolute Gasteiger partial charge is 0.161 e. The van der Waals surface area contributed by atoms with E-state index in [1.54, 1.807) is 7.11 Å². The number of likely N-dealkylation sites (N-methyl/N-ethyl adjacent to an activating group) is 1. The fourth-order valence-corrected chi connectivity index (χ4v) is 2.28. The molecule has 1 aromatic rings. The van der Waals surface area contributed by atoms with E-state index >= 15 is 0 Å². The monoisotopic (exact) mass is 265 g/mol. The van der Waals surface area contributed by atoms with Crippen LogP contribution < -0.4 is 14.8 Å². The van der Waals surface area contributed by atoms with E-state index < -0.39 is 0 Å². The Labute approximate surface area is 115 Å². The summed E-state index contributed by atoms with van der Waals surface area (Å²) < 4.78 is 17.0. The molecule has 2 unspecified atom stereocenters. The number of para-hydroxylation sites is 2. The number of rotatable bonds is 7. The third-order valence-corrected chi connectivity index (χ3v) is 3.31. The van der Waals surface area contributed by atoms with Crippen molar-refractivity contribution >= 4 is 0 Å². The molecule has 0 saturated carbocycles. The van der Waals surface area contributed by atoms with Crippen LogP contribution in [0.4, 0.5) is 0 Å². The molecule has 2 atom stereocenters. The Morgan fingerprint density at radius 1 is 1.21 bits per heavy atom. The number of nitrogens with one attached hydrogen (secondary N) is 1. The van der Waals surface area contributed by atoms with E-state index in [2.05, 4.69) is 12.2 Å². The standard InChI is InChI=1S/C15H23NO3/c1-3-16-10-12-8-9-13(19-12)11-18-15-7-5-4-6-14(15)17-2/h4-7,12-13,16H,3,8-11H2,1-2H3. The summed E-state index contributed by atoms with van der Waals surface area (Å²) in [5.74, 6) is 1.55. The third-order valence-electron chi connectivity index (χ3n) is 3.31. The summed E-state index contributed by atoms with van der Waals surface area (Å²) in [7, 11) is 1.65. The van der Waals surface area contributed by atoms with E-state index in [0.29, 0.717) is 12.7 Å². The normalized spacial score (nSPS) is 22.4. The van der Waals surface area contributed by atoms with Gasteiger partial charge in [-0.05, 0) is 31.5 Å². The SMILES string of the molecule is CCNCC1CCC(COc2ccccc2OC)O1. The van der Waals surface area contributed by atoms with Crippen molar-refractivity contribution in [3.05, 3.63) is 24.3 Å². The number of hydrogen-bond donors (Lipinski definition) is 1. The Bertz CT molecular complexity index is 383. The highest BCUT2D eigenvalue weighted by Gasteiger charge is 2.25. The van der Waals surface area contributed by atoms with Gasteiger partial charge in [0.25, 0.3) is 0 Å². The van der Waals surface area contributed by atoms with Crippen LogP contribution >= 0.6 is 0 Å². The van der Waals surface area contributed by atoms with Gasteiger partial charge in [0.1, 0.15) is 6.61 Å². The van der Waals surface area contributed by atoms with Gasteiger partial charge in [-0.15, -0.1) is 0 Å². The first-order valence-electron chi connectivity index (χ1n) is 6.95. The molecule has 4 heteroatoms. The Morgan fingerprint density at radius 3 is 2.68 bits per heavy atom. The first-order chi connectivity index (χ1) is 9.33. The van der Waals surface area contributed by atoms with Gasteiger partial charge >= 0.3 is 0 Å². The highest BCUT2D eigenvalue weighted by molar-refractivity contribution is 5.39. The maximum atomic E-state index is 5.93. The molecule has 0 aliphatic carbocycles. The molecule has 1 heterocycles. The lowest BCUT2D eigenvalue weighted by Gasteiger charge is -2.16. The zero-order chi connectivity index (χ0) is 13.5. The maximum Gasteiger partial charge on any atom is 0.161 e. The zero-order valence-corrected chi connectivity index (χ0v) is 11.7. The lowest BCUT2D eigenvalue weighted by Crippen LogP contribution is -2.28. The molecular weight excluding hydrogens is 242 g/mol. The molecule has 4 nitrogen and oxygen atoms in total. The van der Waals surface area contributed by atoms with Crippen molar-refractivity contribution in [3.63, 3.8) is 0 Å². The first-order valence-corrected chi connectivity index (χ1v) is 6.95. The van der Waals surface area contributed by atoms with Crippen LogP contribution in [0.5, 0.6) is 11.5 Å². The van der Waals surface area contributed by atoms with Gasteiger partial charge in [0.15, 0.2) is 11.5 Å². The predicted molar refractivity (Wildman–Crippen MR) is 74.9 cm³/mol. The Kier molecular flexibility index (Phi) is 5.48. The fourth-order valence-electron chi connectivity index (χ4n) is 2.28. The van der Waals surface area contributed by atoms with Crippen LogP contribution in [0.25, 0.3) is 0 Å². The minimum absolute atomic E-state index is 0.188. The first kappa shape index (κ1) is 14.2. The van der Waals surface area contributed by atoms with E-state index in [1.165, 1.54) is 0 Å². The van der Waals surface area contributed by atoms with Gasteiger partial charge in [-0.1, -0.05) is 19.1 Å². The molecule has 2 rings (SSSR count). The van der Waals surface area contributed by atoms with E-state index in [-0.39, 0.29) is 6.10 Å². The van der Waals surface area contributed by atoms with Gasteiger partial charge < -0.3 is 19.5 Å². The van der Waals surface area contributed by atoms with Gasteiger partial charge in [-0.2, -0.15) is 0 Å². The average molecular weight is 265 g/mol. The Hall–Kier alpha value is -1.26. The van der Waals surface area contributed by atoms with Crippen LogP contribution in [-0.4, -0.2) is 39.0 Å². The van der Waals surface area contributed by atoms with Gasteiger partial charge in [-0.25, -0.2) is 0 Å². The molecule has 0 amide bonds. The van der Waals surface area contributed by atoms with Crippen LogP contribution in [0.2, 0.25) is 0 Å². The molecular formula is C15H23NO3. The van der Waals surface area contributed by atoms with E-state index in [4.69, 9.17) is 14.2 Å². The second-order valence-corrected chi connectivity index (χ2v) is 4.73. The lowest BCUT2D eigenvalue weighted by atomic mass is 10.2. The zero-order valence-electron chi connectivity index (χ0n) is 11.7. The molecule has 1 aliphatic rings. The summed E-state index contributed by atoms with van der Waals surface area (Å²) in [6.07, 6.45) is 2.68. The summed E-state index contributed by atoms with van der Waals surface area (Å²) in [6, 6.07) is 7.70. The second kappa shape index (κ2) is 7.36. The molecule has 0 aromatic heterocycles. The molecule has 1 aliphatic heterocycles. The van der Waals surface area contributed by atoms with Crippen LogP contribution in [0, 0.1) is 0 Å². The largest absolute Gasteiger partial charge is 0.493 e. The molecule has 1 aromatic carbocycles. The van der Waals surface area contributed by atoms with Crippen molar-refractivity contribution in [2.24, 2.45) is 0 Å². The van der Waals surface area contributed by atoms with Gasteiger partial charge in [-0.3, -0.25) is 0 Å². The quantitative estimate of drug-likeness (QED) is 0.820. The predicted octanol–water partition coefficient (Wildman–Crippen LogP) is 2.23. The lowest BCUT2D eigenvalue weighted by molar-refractivity contribution is 0.0183. The minimum Gasteiger partial charge on any atom is -0.493 e. The molecule has 1 saturated heterocycles. The second-order valence-electron chi connectivity index (χ2n) is 4.73. The summed E-state index contributed by atoms with van der Waals surface area (Å²) >= 11 is 0. The molecule has 19 heavy (non-hydrogen) atoms. The van der Waals surface area contributed by atoms with Crippen LogP contribution in [-0.2, 0) is 4.74 Å². The van der Waals surface area contributed by atoms with E-state index in [9.17, 15) is 0 Å². The molecule has 106 valence electrons. The van der Waals surface area contributed by atoms with Gasteiger partial charge in [0.05, 0.1) is 19.3 Å². The number of ether oxygens (including phenoxy) is 3. The molecule has 0 radical (unpaired) electrons. The van der Waals surface area contributed by atoms with Crippen molar-refractivity contribution in [1.29, 1.82) is 0 Å². The molecule has 0 bridgehead atoms. The molecule has 1 fully saturated rings. The summed E-state index contributed by atoms with van der Waals surface area (Å²) in [5, 5.41) is 3.32. The maximum absolute atomic E-state index is 5.93. The molecule has 0 spiro atoms. The van der Waals surface area contributed by atoms with Gasteiger partial charge in [0, 0.05) is 6.54 Å². The fraction of sp³-hybridized carbons (Fsp3) is 0.600. The summed E-state index contributed by atoms with van der Waals surface area (Å²) in [5.41, 5.74) is 0. The average Bonchev–Trinajstić information content (AvgIpc) is 2.91. The molecule has 1 N–H and O–H groups in total. The Morgan fingerprint density at radius 2 is 1.95 bits per heavy atom. The van der Waals surface area contributed by atoms with Crippen molar-refractivity contribution in [2.75, 3.05) is 26.8 Å². The van der Waals surface area contributed by atoms with E-state index in [0.717, 1.165) is 37.4 Å². The van der Waals surface area contributed by atoms with Crippen molar-refractivity contribution < 1.29 is 14.2 Å². The topological polar surface area (TPSA) is 39.7 Å².